The molecule has 0 saturated heterocycles. The molecule has 0 aliphatic rings. The summed E-state index contributed by atoms with van der Waals surface area (Å²) in [7, 11) is 0. The molecule has 1 atom stereocenters. The van der Waals surface area contributed by atoms with Crippen molar-refractivity contribution < 1.29 is 18.7 Å². The summed E-state index contributed by atoms with van der Waals surface area (Å²) in [5.74, 6) is -1.80. The molecule has 0 saturated carbocycles. The minimum atomic E-state index is -2.57. The number of alkyl halides is 2. The van der Waals surface area contributed by atoms with E-state index in [9.17, 15) is 13.6 Å². The van der Waals surface area contributed by atoms with E-state index in [1.165, 1.54) is 19.1 Å². The van der Waals surface area contributed by atoms with Crippen molar-refractivity contribution in [1.29, 1.82) is 0 Å². The molecule has 1 N–H and O–H groups in total. The fourth-order valence-electron chi connectivity index (χ4n) is 0.928. The standard InChI is InChI=1S/C9H9F2NO2/c1-5(9(13)14)7-3-2-6(4-12-7)8(10)11/h2-5,8H,1H3,(H,13,14). The topological polar surface area (TPSA) is 50.2 Å². The first-order valence-electron chi connectivity index (χ1n) is 3.99. The smallest absolute Gasteiger partial charge is 0.312 e. The van der Waals surface area contributed by atoms with Gasteiger partial charge in [-0.3, -0.25) is 9.78 Å². The number of hydrogen-bond acceptors (Lipinski definition) is 2. The normalized spacial score (nSPS) is 12.9. The van der Waals surface area contributed by atoms with Crippen LogP contribution in [0, 0.1) is 0 Å². The molecule has 0 fully saturated rings. The number of hydrogen-bond donors (Lipinski definition) is 1. The highest BCUT2D eigenvalue weighted by Crippen LogP contribution is 2.19. The number of carboxylic acid groups (broad SMARTS) is 1. The highest BCUT2D eigenvalue weighted by Gasteiger charge is 2.15. The summed E-state index contributed by atoms with van der Waals surface area (Å²) in [4.78, 5) is 14.2. The van der Waals surface area contributed by atoms with E-state index in [0.29, 0.717) is 0 Å². The molecule has 0 bridgehead atoms. The molecule has 1 heterocycles. The molecule has 0 radical (unpaired) electrons. The second-order valence-electron chi connectivity index (χ2n) is 2.88. The van der Waals surface area contributed by atoms with Crippen molar-refractivity contribution in [3.05, 3.63) is 29.6 Å². The number of aliphatic carboxylic acids is 1. The zero-order chi connectivity index (χ0) is 10.7. The van der Waals surface area contributed by atoms with Crippen LogP contribution in [0.1, 0.15) is 30.5 Å². The summed E-state index contributed by atoms with van der Waals surface area (Å²) in [6, 6.07) is 2.49. The fourth-order valence-corrected chi connectivity index (χ4v) is 0.928. The second kappa shape index (κ2) is 4.13. The Kier molecular flexibility index (Phi) is 3.11. The van der Waals surface area contributed by atoms with E-state index in [1.54, 1.807) is 0 Å². The summed E-state index contributed by atoms with van der Waals surface area (Å²) >= 11 is 0. The van der Waals surface area contributed by atoms with E-state index < -0.39 is 18.3 Å². The Morgan fingerprint density at radius 3 is 2.50 bits per heavy atom. The zero-order valence-electron chi connectivity index (χ0n) is 7.45. The summed E-state index contributed by atoms with van der Waals surface area (Å²) in [5.41, 5.74) is 0.0771. The minimum absolute atomic E-state index is 0.202. The van der Waals surface area contributed by atoms with Crippen LogP contribution in [0.15, 0.2) is 18.3 Å². The molecule has 0 amide bonds. The van der Waals surface area contributed by atoms with Gasteiger partial charge in [-0.05, 0) is 19.1 Å². The van der Waals surface area contributed by atoms with Crippen LogP contribution in [0.4, 0.5) is 8.78 Å². The van der Waals surface area contributed by atoms with Crippen LogP contribution >= 0.6 is 0 Å². The van der Waals surface area contributed by atoms with Crippen LogP contribution in [-0.2, 0) is 4.79 Å². The molecule has 1 aromatic heterocycles. The third-order valence-electron chi connectivity index (χ3n) is 1.88. The Labute approximate surface area is 79.4 Å². The molecule has 0 aromatic carbocycles. The summed E-state index contributed by atoms with van der Waals surface area (Å²) in [5, 5.41) is 8.63. The van der Waals surface area contributed by atoms with Gasteiger partial charge in [0.2, 0.25) is 0 Å². The Morgan fingerprint density at radius 1 is 1.50 bits per heavy atom. The Morgan fingerprint density at radius 2 is 2.14 bits per heavy atom. The van der Waals surface area contributed by atoms with Crippen LogP contribution in [0.2, 0.25) is 0 Å². The molecule has 0 aliphatic heterocycles. The number of carboxylic acids is 1. The number of nitrogens with zero attached hydrogens (tertiary/aromatic N) is 1. The van der Waals surface area contributed by atoms with Crippen molar-refractivity contribution in [2.24, 2.45) is 0 Å². The SMILES string of the molecule is CC(C(=O)O)c1ccc(C(F)F)cn1. The van der Waals surface area contributed by atoms with Gasteiger partial charge in [0.1, 0.15) is 0 Å². The van der Waals surface area contributed by atoms with Crippen molar-refractivity contribution in [2.75, 3.05) is 0 Å². The monoisotopic (exact) mass is 201 g/mol. The quantitative estimate of drug-likeness (QED) is 0.815. The largest absolute Gasteiger partial charge is 0.481 e. The minimum Gasteiger partial charge on any atom is -0.481 e. The van der Waals surface area contributed by atoms with Gasteiger partial charge < -0.3 is 5.11 Å². The summed E-state index contributed by atoms with van der Waals surface area (Å²) in [6.45, 7) is 1.45. The fraction of sp³-hybridized carbons (Fsp3) is 0.333. The first-order chi connectivity index (χ1) is 6.52. The molecule has 1 aromatic rings. The van der Waals surface area contributed by atoms with Crippen molar-refractivity contribution in [3.63, 3.8) is 0 Å². The lowest BCUT2D eigenvalue weighted by molar-refractivity contribution is -0.138. The number of pyridine rings is 1. The molecular formula is C9H9F2NO2. The third-order valence-corrected chi connectivity index (χ3v) is 1.88. The second-order valence-corrected chi connectivity index (χ2v) is 2.88. The predicted molar refractivity (Wildman–Crippen MR) is 45.2 cm³/mol. The first-order valence-corrected chi connectivity index (χ1v) is 3.99. The van der Waals surface area contributed by atoms with Gasteiger partial charge in [0.25, 0.3) is 6.43 Å². The van der Waals surface area contributed by atoms with Crippen LogP contribution in [-0.4, -0.2) is 16.1 Å². The highest BCUT2D eigenvalue weighted by molar-refractivity contribution is 5.74. The third kappa shape index (κ3) is 2.25. The lowest BCUT2D eigenvalue weighted by Crippen LogP contribution is -2.09. The maximum Gasteiger partial charge on any atom is 0.312 e. The van der Waals surface area contributed by atoms with Gasteiger partial charge in [-0.15, -0.1) is 0 Å². The number of aromatic nitrogens is 1. The van der Waals surface area contributed by atoms with E-state index in [-0.39, 0.29) is 11.3 Å². The van der Waals surface area contributed by atoms with Gasteiger partial charge >= 0.3 is 5.97 Å². The van der Waals surface area contributed by atoms with Gasteiger partial charge in [0.05, 0.1) is 11.6 Å². The van der Waals surface area contributed by atoms with Crippen molar-refractivity contribution in [2.45, 2.75) is 19.3 Å². The molecular weight excluding hydrogens is 192 g/mol. The Hall–Kier alpha value is -1.52. The maximum atomic E-state index is 12.1. The lowest BCUT2D eigenvalue weighted by atomic mass is 10.1. The maximum absolute atomic E-state index is 12.1. The van der Waals surface area contributed by atoms with Crippen molar-refractivity contribution >= 4 is 5.97 Å². The van der Waals surface area contributed by atoms with Gasteiger partial charge in [0, 0.05) is 11.8 Å². The van der Waals surface area contributed by atoms with Crippen LogP contribution in [0.3, 0.4) is 0 Å². The highest BCUT2D eigenvalue weighted by atomic mass is 19.3. The van der Waals surface area contributed by atoms with Gasteiger partial charge in [0.15, 0.2) is 0 Å². The zero-order valence-corrected chi connectivity index (χ0v) is 7.45. The molecule has 1 rings (SSSR count). The molecule has 3 nitrogen and oxygen atoms in total. The van der Waals surface area contributed by atoms with Crippen molar-refractivity contribution in [1.82, 2.24) is 4.98 Å². The van der Waals surface area contributed by atoms with Crippen molar-refractivity contribution in [3.8, 4) is 0 Å². The lowest BCUT2D eigenvalue weighted by Gasteiger charge is -2.05. The number of carbonyl (C=O) groups is 1. The van der Waals surface area contributed by atoms with Crippen LogP contribution in [0.5, 0.6) is 0 Å². The van der Waals surface area contributed by atoms with Crippen LogP contribution < -0.4 is 0 Å². The number of rotatable bonds is 3. The molecule has 0 spiro atoms. The van der Waals surface area contributed by atoms with E-state index in [2.05, 4.69) is 4.98 Å². The van der Waals surface area contributed by atoms with Crippen LogP contribution in [0.25, 0.3) is 0 Å². The molecule has 14 heavy (non-hydrogen) atoms. The first kappa shape index (κ1) is 10.6. The van der Waals surface area contributed by atoms with E-state index in [0.717, 1.165) is 6.20 Å². The molecule has 0 aliphatic carbocycles. The van der Waals surface area contributed by atoms with Gasteiger partial charge in [-0.1, -0.05) is 0 Å². The van der Waals surface area contributed by atoms with Gasteiger partial charge in [-0.2, -0.15) is 0 Å². The molecule has 5 heteroatoms. The Bertz CT molecular complexity index is 324. The van der Waals surface area contributed by atoms with Gasteiger partial charge in [-0.25, -0.2) is 8.78 Å². The molecule has 1 unspecified atom stereocenters. The summed E-state index contributed by atoms with van der Waals surface area (Å²) < 4.78 is 24.2. The van der Waals surface area contributed by atoms with E-state index in [4.69, 9.17) is 5.11 Å². The van der Waals surface area contributed by atoms with E-state index in [1.807, 2.05) is 0 Å². The number of halogens is 2. The average molecular weight is 201 g/mol. The predicted octanol–water partition coefficient (Wildman–Crippen LogP) is 2.21. The average Bonchev–Trinajstić information content (AvgIpc) is 2.16. The Balaban J connectivity index is 2.88. The summed E-state index contributed by atoms with van der Waals surface area (Å²) in [6.07, 6.45) is -1.57. The van der Waals surface area contributed by atoms with E-state index >= 15 is 0 Å². The molecule has 76 valence electrons.